The molecule has 1 aliphatic heterocycles. The highest BCUT2D eigenvalue weighted by Crippen LogP contribution is 2.29. The van der Waals surface area contributed by atoms with Crippen LogP contribution >= 0.6 is 22.6 Å². The molecule has 0 saturated carbocycles. The Morgan fingerprint density at radius 2 is 2.05 bits per heavy atom. The van der Waals surface area contributed by atoms with Gasteiger partial charge in [0.05, 0.1) is 0 Å². The average molecular weight is 415 g/mol. The quantitative estimate of drug-likeness (QED) is 0.594. The Hall–Kier alpha value is -0.920. The second-order valence-electron chi connectivity index (χ2n) is 5.70. The summed E-state index contributed by atoms with van der Waals surface area (Å²) in [5, 5.41) is 10.9. The van der Waals surface area contributed by atoms with E-state index < -0.39 is 11.6 Å². The van der Waals surface area contributed by atoms with Gasteiger partial charge in [-0.15, -0.1) is 0 Å². The zero-order valence-electron chi connectivity index (χ0n) is 12.7. The van der Waals surface area contributed by atoms with Crippen LogP contribution in [-0.2, 0) is 15.1 Å². The number of aliphatic hydroxyl groups is 1. The van der Waals surface area contributed by atoms with E-state index in [1.54, 1.807) is 22.3 Å². The fourth-order valence-corrected chi connectivity index (χ4v) is 2.85. The van der Waals surface area contributed by atoms with Gasteiger partial charge in [-0.25, -0.2) is 4.79 Å². The molecule has 1 unspecified atom stereocenters. The molecule has 120 valence electrons. The van der Waals surface area contributed by atoms with Crippen molar-refractivity contribution < 1.29 is 14.6 Å². The summed E-state index contributed by atoms with van der Waals surface area (Å²) in [6.45, 7) is 1.82. The van der Waals surface area contributed by atoms with Crippen molar-refractivity contribution in [2.45, 2.75) is 31.0 Å². The number of benzene rings is 1. The first-order valence-corrected chi connectivity index (χ1v) is 8.73. The van der Waals surface area contributed by atoms with Crippen molar-refractivity contribution in [3.63, 3.8) is 0 Å². The van der Waals surface area contributed by atoms with Crippen molar-refractivity contribution in [3.05, 3.63) is 46.1 Å². The van der Waals surface area contributed by atoms with Crippen LogP contribution in [0, 0.1) is 0 Å². The Bertz CT molecular complexity index is 512. The van der Waals surface area contributed by atoms with E-state index in [0.29, 0.717) is 5.56 Å². The van der Waals surface area contributed by atoms with Crippen molar-refractivity contribution in [3.8, 4) is 0 Å². The molecule has 0 spiro atoms. The molecule has 0 aliphatic carbocycles. The van der Waals surface area contributed by atoms with E-state index in [4.69, 9.17) is 4.74 Å². The number of ether oxygens (including phenoxy) is 1. The first-order chi connectivity index (χ1) is 10.6. The van der Waals surface area contributed by atoms with E-state index in [9.17, 15) is 9.90 Å². The van der Waals surface area contributed by atoms with Gasteiger partial charge in [-0.2, -0.15) is 0 Å². The largest absolute Gasteiger partial charge is 0.460 e. The van der Waals surface area contributed by atoms with E-state index in [2.05, 4.69) is 34.5 Å². The molecule has 0 radical (unpaired) electrons. The van der Waals surface area contributed by atoms with Crippen molar-refractivity contribution in [2.24, 2.45) is 0 Å². The number of halogens is 1. The minimum atomic E-state index is -1.62. The summed E-state index contributed by atoms with van der Waals surface area (Å²) in [4.78, 5) is 14.8. The molecular weight excluding hydrogens is 393 g/mol. The molecule has 1 aromatic rings. The molecule has 1 aliphatic rings. The molecule has 1 aromatic carbocycles. The third-order valence-corrected chi connectivity index (χ3v) is 4.54. The average Bonchev–Trinajstić information content (AvgIpc) is 2.55. The van der Waals surface area contributed by atoms with Gasteiger partial charge in [0.1, 0.15) is 6.10 Å². The van der Waals surface area contributed by atoms with Gasteiger partial charge >= 0.3 is 5.97 Å². The number of esters is 1. The first kappa shape index (κ1) is 17.4. The zero-order valence-corrected chi connectivity index (χ0v) is 14.9. The normalized spacial score (nSPS) is 20.0. The SMILES string of the molecule is CN1CCC(OC(=O)C(O)(CC=CI)c2ccccc2)CC1. The topological polar surface area (TPSA) is 49.8 Å². The summed E-state index contributed by atoms with van der Waals surface area (Å²) < 4.78 is 7.40. The Kier molecular flexibility index (Phi) is 6.40. The number of likely N-dealkylation sites (tertiary alicyclic amines) is 1. The van der Waals surface area contributed by atoms with Crippen LogP contribution in [0.3, 0.4) is 0 Å². The van der Waals surface area contributed by atoms with Gasteiger partial charge in [-0.05, 0) is 29.5 Å². The van der Waals surface area contributed by atoms with Crippen LogP contribution in [0.5, 0.6) is 0 Å². The lowest BCUT2D eigenvalue weighted by Gasteiger charge is -2.32. The van der Waals surface area contributed by atoms with Crippen LogP contribution in [-0.4, -0.2) is 42.2 Å². The monoisotopic (exact) mass is 415 g/mol. The molecule has 1 saturated heterocycles. The Morgan fingerprint density at radius 1 is 1.41 bits per heavy atom. The molecule has 1 atom stereocenters. The molecule has 1 heterocycles. The highest BCUT2D eigenvalue weighted by Gasteiger charge is 2.40. The second-order valence-corrected chi connectivity index (χ2v) is 6.42. The minimum absolute atomic E-state index is 0.109. The summed E-state index contributed by atoms with van der Waals surface area (Å²) in [7, 11) is 2.06. The van der Waals surface area contributed by atoms with Crippen molar-refractivity contribution >= 4 is 28.6 Å². The van der Waals surface area contributed by atoms with E-state index in [0.717, 1.165) is 25.9 Å². The van der Waals surface area contributed by atoms with Crippen LogP contribution < -0.4 is 0 Å². The van der Waals surface area contributed by atoms with E-state index in [-0.39, 0.29) is 12.5 Å². The van der Waals surface area contributed by atoms with Gasteiger partial charge < -0.3 is 14.7 Å². The van der Waals surface area contributed by atoms with Crippen LogP contribution in [0.1, 0.15) is 24.8 Å². The predicted octanol–water partition coefficient (Wildman–Crippen LogP) is 2.85. The summed E-state index contributed by atoms with van der Waals surface area (Å²) in [5.74, 6) is -0.553. The number of hydrogen-bond donors (Lipinski definition) is 1. The van der Waals surface area contributed by atoms with Gasteiger partial charge in [-0.1, -0.05) is 59.0 Å². The standard InChI is InChI=1S/C17H22INO3/c1-19-12-8-15(9-13-19)22-16(20)17(21,10-5-11-18)14-6-3-2-4-7-14/h2-7,11,15,21H,8-10,12-13H2,1H3. The minimum Gasteiger partial charge on any atom is -0.460 e. The lowest BCUT2D eigenvalue weighted by molar-refractivity contribution is -0.174. The lowest BCUT2D eigenvalue weighted by Crippen LogP contribution is -2.42. The third kappa shape index (κ3) is 4.30. The Morgan fingerprint density at radius 3 is 2.64 bits per heavy atom. The van der Waals surface area contributed by atoms with Gasteiger partial charge in [0.25, 0.3) is 0 Å². The highest BCUT2D eigenvalue weighted by molar-refractivity contribution is 14.1. The molecule has 0 amide bonds. The smallest absolute Gasteiger partial charge is 0.343 e. The molecule has 4 nitrogen and oxygen atoms in total. The summed E-state index contributed by atoms with van der Waals surface area (Å²) in [6.07, 6.45) is 3.52. The first-order valence-electron chi connectivity index (χ1n) is 7.49. The zero-order chi connectivity index (χ0) is 16.0. The fourth-order valence-electron chi connectivity index (χ4n) is 2.60. The van der Waals surface area contributed by atoms with E-state index in [1.807, 2.05) is 18.2 Å². The second kappa shape index (κ2) is 8.08. The van der Waals surface area contributed by atoms with Crippen LogP contribution in [0.2, 0.25) is 0 Å². The van der Waals surface area contributed by atoms with E-state index >= 15 is 0 Å². The van der Waals surface area contributed by atoms with Gasteiger partial charge in [0.2, 0.25) is 0 Å². The highest BCUT2D eigenvalue weighted by atomic mass is 127. The molecule has 0 bridgehead atoms. The maximum atomic E-state index is 12.6. The number of nitrogens with zero attached hydrogens (tertiary/aromatic N) is 1. The maximum absolute atomic E-state index is 12.6. The molecule has 2 rings (SSSR count). The maximum Gasteiger partial charge on any atom is 0.343 e. The third-order valence-electron chi connectivity index (χ3n) is 4.03. The predicted molar refractivity (Wildman–Crippen MR) is 94.7 cm³/mol. The van der Waals surface area contributed by atoms with E-state index in [1.165, 1.54) is 0 Å². The fraction of sp³-hybridized carbons (Fsp3) is 0.471. The van der Waals surface area contributed by atoms with Crippen molar-refractivity contribution in [1.82, 2.24) is 4.90 Å². The summed E-state index contributed by atoms with van der Waals surface area (Å²) in [5.41, 5.74) is -1.05. The lowest BCUT2D eigenvalue weighted by atomic mass is 9.90. The summed E-state index contributed by atoms with van der Waals surface area (Å²) in [6, 6.07) is 9.02. The Balaban J connectivity index is 2.13. The number of hydrogen-bond acceptors (Lipinski definition) is 4. The number of rotatable bonds is 5. The van der Waals surface area contributed by atoms with Gasteiger partial charge in [0, 0.05) is 19.5 Å². The molecule has 0 aromatic heterocycles. The molecule has 22 heavy (non-hydrogen) atoms. The van der Waals surface area contributed by atoms with Crippen LogP contribution in [0.4, 0.5) is 0 Å². The molecular formula is C17H22INO3. The molecule has 5 heteroatoms. The molecule has 1 fully saturated rings. The van der Waals surface area contributed by atoms with Crippen LogP contribution in [0.15, 0.2) is 40.5 Å². The molecule has 1 N–H and O–H groups in total. The number of piperidine rings is 1. The van der Waals surface area contributed by atoms with Crippen molar-refractivity contribution in [2.75, 3.05) is 20.1 Å². The number of carbonyl (C=O) groups is 1. The van der Waals surface area contributed by atoms with Gasteiger partial charge in [0.15, 0.2) is 5.60 Å². The van der Waals surface area contributed by atoms with Gasteiger partial charge in [-0.3, -0.25) is 0 Å². The Labute approximate surface area is 145 Å². The van der Waals surface area contributed by atoms with Crippen molar-refractivity contribution in [1.29, 1.82) is 0 Å². The van der Waals surface area contributed by atoms with Crippen LogP contribution in [0.25, 0.3) is 0 Å². The summed E-state index contributed by atoms with van der Waals surface area (Å²) >= 11 is 2.08. The number of carbonyl (C=O) groups excluding carboxylic acids is 1.